The van der Waals surface area contributed by atoms with Crippen molar-refractivity contribution in [3.05, 3.63) is 23.8 Å². The molecular weight excluding hydrogens is 262 g/mol. The van der Waals surface area contributed by atoms with E-state index >= 15 is 0 Å². The van der Waals surface area contributed by atoms with Crippen molar-refractivity contribution in [2.24, 2.45) is 5.10 Å². The van der Waals surface area contributed by atoms with E-state index in [9.17, 15) is 0 Å². The third-order valence-electron chi connectivity index (χ3n) is 2.16. The zero-order chi connectivity index (χ0) is 14.3. The first kappa shape index (κ1) is 15.2. The van der Waals surface area contributed by atoms with Gasteiger partial charge in [-0.1, -0.05) is 0 Å². The number of hydrogen-bond acceptors (Lipinski definition) is 4. The number of rotatable bonds is 5. The monoisotopic (exact) mass is 281 g/mol. The van der Waals surface area contributed by atoms with Gasteiger partial charge in [0.05, 0.1) is 19.4 Å². The van der Waals surface area contributed by atoms with Crippen LogP contribution in [0.1, 0.15) is 19.4 Å². The third-order valence-corrected chi connectivity index (χ3v) is 2.45. The topological polar surface area (TPSA) is 54.9 Å². The average Bonchev–Trinajstić information content (AvgIpc) is 2.39. The first-order valence-corrected chi connectivity index (χ1v) is 6.33. The lowest BCUT2D eigenvalue weighted by Crippen LogP contribution is -2.28. The summed E-state index contributed by atoms with van der Waals surface area (Å²) in [5.74, 6) is 1.39. The maximum atomic E-state index is 5.64. The highest BCUT2D eigenvalue weighted by Gasteiger charge is 2.06. The highest BCUT2D eigenvalue weighted by molar-refractivity contribution is 7.80. The van der Waals surface area contributed by atoms with Crippen molar-refractivity contribution in [3.8, 4) is 11.5 Å². The van der Waals surface area contributed by atoms with E-state index in [1.54, 1.807) is 20.4 Å². The molecule has 0 spiro atoms. The highest BCUT2D eigenvalue weighted by atomic mass is 32.1. The summed E-state index contributed by atoms with van der Waals surface area (Å²) >= 11 is 4.91. The fourth-order valence-corrected chi connectivity index (χ4v) is 1.39. The Balaban J connectivity index is 2.79. The minimum atomic E-state index is 0.100. The van der Waals surface area contributed by atoms with E-state index in [4.69, 9.17) is 21.7 Å². The number of ether oxygens (including phenoxy) is 2. The van der Waals surface area contributed by atoms with Crippen LogP contribution in [-0.2, 0) is 0 Å². The fourth-order valence-electron chi connectivity index (χ4n) is 1.34. The van der Waals surface area contributed by atoms with Crippen molar-refractivity contribution in [2.45, 2.75) is 20.0 Å². The van der Waals surface area contributed by atoms with Crippen molar-refractivity contribution in [3.63, 3.8) is 0 Å². The van der Waals surface area contributed by atoms with Crippen molar-refractivity contribution < 1.29 is 9.47 Å². The number of hydrazone groups is 1. The summed E-state index contributed by atoms with van der Waals surface area (Å²) in [4.78, 5) is 0. The van der Waals surface area contributed by atoms with Crippen molar-refractivity contribution >= 4 is 23.5 Å². The molecule has 0 aromatic heterocycles. The van der Waals surface area contributed by atoms with Crippen LogP contribution in [0.2, 0.25) is 0 Å². The van der Waals surface area contributed by atoms with Gasteiger partial charge in [-0.15, -0.1) is 0 Å². The van der Waals surface area contributed by atoms with Gasteiger partial charge in [-0.3, -0.25) is 5.43 Å². The minimum absolute atomic E-state index is 0.100. The SMILES string of the molecule is CNC(=S)N/N=C/c1ccc(OC(C)C)c(OC)c1. The number of thiocarbonyl (C=S) groups is 1. The van der Waals surface area contributed by atoms with E-state index in [0.29, 0.717) is 16.6 Å². The van der Waals surface area contributed by atoms with Gasteiger partial charge < -0.3 is 14.8 Å². The first-order valence-electron chi connectivity index (χ1n) is 5.92. The highest BCUT2D eigenvalue weighted by Crippen LogP contribution is 2.28. The summed E-state index contributed by atoms with van der Waals surface area (Å²) in [7, 11) is 3.34. The molecule has 0 fully saturated rings. The Morgan fingerprint density at radius 3 is 2.68 bits per heavy atom. The van der Waals surface area contributed by atoms with Gasteiger partial charge in [0.1, 0.15) is 0 Å². The molecule has 0 amide bonds. The van der Waals surface area contributed by atoms with Crippen LogP contribution in [0.3, 0.4) is 0 Å². The predicted molar refractivity (Wildman–Crippen MR) is 81.1 cm³/mol. The molecule has 0 atom stereocenters. The quantitative estimate of drug-likeness (QED) is 0.490. The first-order chi connectivity index (χ1) is 9.06. The number of nitrogens with zero attached hydrogens (tertiary/aromatic N) is 1. The van der Waals surface area contributed by atoms with Crippen LogP contribution < -0.4 is 20.2 Å². The van der Waals surface area contributed by atoms with Crippen molar-refractivity contribution in [2.75, 3.05) is 14.2 Å². The molecule has 6 heteroatoms. The third kappa shape index (κ3) is 5.13. The van der Waals surface area contributed by atoms with Crippen LogP contribution in [0.15, 0.2) is 23.3 Å². The van der Waals surface area contributed by atoms with Gasteiger partial charge in [-0.25, -0.2) is 0 Å². The molecule has 104 valence electrons. The smallest absolute Gasteiger partial charge is 0.186 e. The molecule has 0 aliphatic rings. The molecule has 0 aliphatic heterocycles. The molecule has 1 rings (SSSR count). The second-order valence-electron chi connectivity index (χ2n) is 4.03. The maximum absolute atomic E-state index is 5.64. The standard InChI is InChI=1S/C13H19N3O2S/c1-9(2)18-11-6-5-10(7-12(11)17-4)8-15-16-13(19)14-3/h5-9H,1-4H3,(H2,14,16,19)/b15-8+. The van der Waals surface area contributed by atoms with Gasteiger partial charge in [-0.2, -0.15) is 5.10 Å². The summed E-state index contributed by atoms with van der Waals surface area (Å²) < 4.78 is 10.9. The van der Waals surface area contributed by atoms with Crippen LogP contribution in [-0.4, -0.2) is 31.6 Å². The molecule has 1 aromatic carbocycles. The Kier molecular flexibility index (Phi) is 6.08. The van der Waals surface area contributed by atoms with Gasteiger partial charge in [0.2, 0.25) is 0 Å². The summed E-state index contributed by atoms with van der Waals surface area (Å²) in [5.41, 5.74) is 3.57. The lowest BCUT2D eigenvalue weighted by molar-refractivity contribution is 0.230. The number of methoxy groups -OCH3 is 1. The van der Waals surface area contributed by atoms with E-state index < -0.39 is 0 Å². The molecule has 0 bridgehead atoms. The molecule has 0 saturated heterocycles. The lowest BCUT2D eigenvalue weighted by Gasteiger charge is -2.13. The van der Waals surface area contributed by atoms with Crippen LogP contribution in [0.5, 0.6) is 11.5 Å². The predicted octanol–water partition coefficient (Wildman–Crippen LogP) is 1.91. The molecule has 2 N–H and O–H groups in total. The molecule has 0 radical (unpaired) electrons. The normalized spacial score (nSPS) is 10.6. The molecule has 0 heterocycles. The molecule has 0 aliphatic carbocycles. The largest absolute Gasteiger partial charge is 0.493 e. The zero-order valence-corrected chi connectivity index (χ0v) is 12.4. The summed E-state index contributed by atoms with van der Waals surface area (Å²) in [6.45, 7) is 3.94. The maximum Gasteiger partial charge on any atom is 0.186 e. The van der Waals surface area contributed by atoms with E-state index in [1.807, 2.05) is 32.0 Å². The Hall–Kier alpha value is -1.82. The Bertz CT molecular complexity index is 461. The Labute approximate surface area is 119 Å². The van der Waals surface area contributed by atoms with Crippen LogP contribution in [0.25, 0.3) is 0 Å². The lowest BCUT2D eigenvalue weighted by atomic mass is 10.2. The van der Waals surface area contributed by atoms with Crippen LogP contribution in [0.4, 0.5) is 0 Å². The van der Waals surface area contributed by atoms with Gasteiger partial charge in [0.25, 0.3) is 0 Å². The average molecular weight is 281 g/mol. The zero-order valence-electron chi connectivity index (χ0n) is 11.6. The van der Waals surface area contributed by atoms with Gasteiger partial charge in [0, 0.05) is 7.05 Å². The van der Waals surface area contributed by atoms with Crippen LogP contribution >= 0.6 is 12.2 Å². The van der Waals surface area contributed by atoms with E-state index in [0.717, 1.165) is 5.56 Å². The Morgan fingerprint density at radius 1 is 1.37 bits per heavy atom. The summed E-state index contributed by atoms with van der Waals surface area (Å²) in [6.07, 6.45) is 1.76. The summed E-state index contributed by atoms with van der Waals surface area (Å²) in [6, 6.07) is 5.61. The van der Waals surface area contributed by atoms with E-state index in [2.05, 4.69) is 15.8 Å². The van der Waals surface area contributed by atoms with E-state index in [1.165, 1.54) is 0 Å². The molecule has 0 saturated carbocycles. The second-order valence-corrected chi connectivity index (χ2v) is 4.43. The van der Waals surface area contributed by atoms with Crippen molar-refractivity contribution in [1.29, 1.82) is 0 Å². The Morgan fingerprint density at radius 2 is 2.11 bits per heavy atom. The van der Waals surface area contributed by atoms with Gasteiger partial charge in [0.15, 0.2) is 16.6 Å². The number of hydrogen-bond donors (Lipinski definition) is 2. The molecule has 0 unspecified atom stereocenters. The number of benzene rings is 1. The van der Waals surface area contributed by atoms with Crippen LogP contribution in [0, 0.1) is 0 Å². The number of nitrogens with one attached hydrogen (secondary N) is 2. The molecule has 1 aromatic rings. The van der Waals surface area contributed by atoms with Crippen molar-refractivity contribution in [1.82, 2.24) is 10.7 Å². The van der Waals surface area contributed by atoms with Gasteiger partial charge >= 0.3 is 0 Å². The second kappa shape index (κ2) is 7.58. The molecule has 5 nitrogen and oxygen atoms in total. The molecule has 19 heavy (non-hydrogen) atoms. The van der Waals surface area contributed by atoms with Gasteiger partial charge in [-0.05, 0) is 49.8 Å². The molecular formula is C13H19N3O2S. The van der Waals surface area contributed by atoms with E-state index in [-0.39, 0.29) is 6.10 Å². The fraction of sp³-hybridized carbons (Fsp3) is 0.385. The summed E-state index contributed by atoms with van der Waals surface area (Å²) in [5, 5.41) is 7.23. The minimum Gasteiger partial charge on any atom is -0.493 e.